The molecule has 1 unspecified atom stereocenters. The minimum Gasteiger partial charge on any atom is -0.317 e. The minimum atomic E-state index is -0.0471. The first-order chi connectivity index (χ1) is 11.6. The van der Waals surface area contributed by atoms with Gasteiger partial charge in [0.2, 0.25) is 0 Å². The largest absolute Gasteiger partial charge is 0.317 e. The van der Waals surface area contributed by atoms with Gasteiger partial charge in [-0.2, -0.15) is 0 Å². The van der Waals surface area contributed by atoms with Crippen molar-refractivity contribution in [3.05, 3.63) is 62.3 Å². The van der Waals surface area contributed by atoms with Gasteiger partial charge >= 0.3 is 0 Å². The van der Waals surface area contributed by atoms with Crippen LogP contribution in [0.5, 0.6) is 0 Å². The summed E-state index contributed by atoms with van der Waals surface area (Å²) in [7, 11) is 0. The van der Waals surface area contributed by atoms with Crippen LogP contribution in [-0.2, 0) is 18.3 Å². The van der Waals surface area contributed by atoms with E-state index in [0.29, 0.717) is 5.92 Å². The lowest BCUT2D eigenvalue weighted by molar-refractivity contribution is 0.260. The summed E-state index contributed by atoms with van der Waals surface area (Å²) < 4.78 is 1.07. The van der Waals surface area contributed by atoms with Crippen LogP contribution in [0.15, 0.2) is 34.9 Å². The van der Waals surface area contributed by atoms with Gasteiger partial charge in [-0.1, -0.05) is 17.7 Å². The lowest BCUT2D eigenvalue weighted by Gasteiger charge is -2.41. The Bertz CT molecular complexity index is 715. The molecule has 4 rings (SSSR count). The Morgan fingerprint density at radius 1 is 1.17 bits per heavy atom. The zero-order valence-corrected chi connectivity index (χ0v) is 16.3. The van der Waals surface area contributed by atoms with E-state index in [1.54, 1.807) is 0 Å². The summed E-state index contributed by atoms with van der Waals surface area (Å²) in [4.78, 5) is 4.93. The van der Waals surface area contributed by atoms with Crippen molar-refractivity contribution in [1.29, 1.82) is 0 Å². The fourth-order valence-corrected chi connectivity index (χ4v) is 5.20. The number of nitrogens with one attached hydrogen (secondary N) is 1. The number of aryl methyl sites for hydroxylation is 2. The molecule has 2 aliphatic rings. The summed E-state index contributed by atoms with van der Waals surface area (Å²) >= 11 is 9.91. The lowest BCUT2D eigenvalue weighted by atomic mass is 9.65. The molecule has 2 nitrogen and oxygen atoms in total. The van der Waals surface area contributed by atoms with Gasteiger partial charge in [0.15, 0.2) is 0 Å². The molecule has 1 atom stereocenters. The molecule has 0 saturated carbocycles. The van der Waals surface area contributed by atoms with Crippen LogP contribution in [0.1, 0.15) is 42.1 Å². The van der Waals surface area contributed by atoms with E-state index in [9.17, 15) is 0 Å². The molecule has 2 aromatic rings. The topological polar surface area (TPSA) is 24.9 Å². The van der Waals surface area contributed by atoms with Crippen LogP contribution < -0.4 is 5.32 Å². The fraction of sp³-hybridized carbons (Fsp3) is 0.450. The normalized spacial score (nSPS) is 24.1. The van der Waals surface area contributed by atoms with Crippen LogP contribution in [0.4, 0.5) is 0 Å². The molecule has 2 heterocycles. The summed E-state index contributed by atoms with van der Waals surface area (Å²) in [6.07, 6.45) is 6.39. The smallest absolute Gasteiger partial charge is 0.0542 e. The average molecular weight is 406 g/mol. The highest BCUT2D eigenvalue weighted by atomic mass is 79.9. The van der Waals surface area contributed by atoms with Gasteiger partial charge in [0.1, 0.15) is 0 Å². The maximum absolute atomic E-state index is 6.31. The molecule has 1 fully saturated rings. The summed E-state index contributed by atoms with van der Waals surface area (Å²) in [5.41, 5.74) is 5.40. The highest BCUT2D eigenvalue weighted by Gasteiger charge is 2.43. The second-order valence-electron chi connectivity index (χ2n) is 7.19. The van der Waals surface area contributed by atoms with Gasteiger partial charge in [0.25, 0.3) is 0 Å². The van der Waals surface area contributed by atoms with Crippen LogP contribution in [0.3, 0.4) is 0 Å². The molecule has 0 spiro atoms. The standard InChI is InChI=1S/C20H22BrClN2/c1-20(15-6-8-23-9-7-15)18-5-4-17(22)11-13(18)2-3-14-10-16(21)12-24-19(14)20/h4-5,10-12,15,23H,2-3,6-9H2,1H3. The van der Waals surface area contributed by atoms with Crippen molar-refractivity contribution in [1.82, 2.24) is 10.3 Å². The molecule has 126 valence electrons. The van der Waals surface area contributed by atoms with Crippen LogP contribution >= 0.6 is 27.5 Å². The number of piperidine rings is 1. The first-order valence-corrected chi connectivity index (χ1v) is 9.90. The van der Waals surface area contributed by atoms with Gasteiger partial charge in [0.05, 0.1) is 5.69 Å². The van der Waals surface area contributed by atoms with Gasteiger partial charge in [-0.3, -0.25) is 4.98 Å². The number of fused-ring (bicyclic) bond motifs is 2. The number of aromatic nitrogens is 1. The van der Waals surface area contributed by atoms with Crippen LogP contribution in [0.2, 0.25) is 5.02 Å². The maximum Gasteiger partial charge on any atom is 0.0542 e. The fourth-order valence-electron chi connectivity index (χ4n) is 4.62. The highest BCUT2D eigenvalue weighted by molar-refractivity contribution is 9.10. The number of hydrogen-bond acceptors (Lipinski definition) is 2. The van der Waals surface area contributed by atoms with Crippen LogP contribution in [0.25, 0.3) is 0 Å². The van der Waals surface area contributed by atoms with E-state index in [-0.39, 0.29) is 5.41 Å². The zero-order chi connectivity index (χ0) is 16.7. The third kappa shape index (κ3) is 2.71. The van der Waals surface area contributed by atoms with Gasteiger partial charge in [-0.15, -0.1) is 0 Å². The Kier molecular flexibility index (Phi) is 4.44. The van der Waals surface area contributed by atoms with E-state index in [2.05, 4.69) is 46.4 Å². The number of hydrogen-bond donors (Lipinski definition) is 1. The summed E-state index contributed by atoms with van der Waals surface area (Å²) in [5.74, 6) is 0.601. The second kappa shape index (κ2) is 6.44. The molecule has 1 aromatic carbocycles. The number of nitrogens with zero attached hydrogens (tertiary/aromatic N) is 1. The molecular formula is C20H22BrClN2. The molecule has 4 heteroatoms. The first-order valence-electron chi connectivity index (χ1n) is 8.73. The number of halogens is 2. The van der Waals surface area contributed by atoms with E-state index in [0.717, 1.165) is 35.4 Å². The Balaban J connectivity index is 1.94. The molecule has 1 N–H and O–H groups in total. The van der Waals surface area contributed by atoms with Crippen molar-refractivity contribution >= 4 is 27.5 Å². The predicted octanol–water partition coefficient (Wildman–Crippen LogP) is 4.90. The SMILES string of the molecule is CC1(C2CCNCC2)c2ccc(Cl)cc2CCc2cc(Br)cnc21. The Morgan fingerprint density at radius 3 is 2.71 bits per heavy atom. The molecule has 0 bridgehead atoms. The molecule has 0 radical (unpaired) electrons. The average Bonchev–Trinajstić information content (AvgIpc) is 2.71. The number of pyridine rings is 1. The third-order valence-electron chi connectivity index (χ3n) is 5.87. The lowest BCUT2D eigenvalue weighted by Crippen LogP contribution is -2.41. The van der Waals surface area contributed by atoms with Gasteiger partial charge < -0.3 is 5.32 Å². The highest BCUT2D eigenvalue weighted by Crippen LogP contribution is 2.47. The maximum atomic E-state index is 6.31. The Labute approximate surface area is 157 Å². The minimum absolute atomic E-state index is 0.0471. The predicted molar refractivity (Wildman–Crippen MR) is 103 cm³/mol. The van der Waals surface area contributed by atoms with Crippen LogP contribution in [0, 0.1) is 5.92 Å². The Morgan fingerprint density at radius 2 is 1.92 bits per heavy atom. The van der Waals surface area contributed by atoms with Crippen molar-refractivity contribution < 1.29 is 0 Å². The van der Waals surface area contributed by atoms with Crippen molar-refractivity contribution in [3.63, 3.8) is 0 Å². The quantitative estimate of drug-likeness (QED) is 0.730. The van der Waals surface area contributed by atoms with Gasteiger partial charge in [0, 0.05) is 21.1 Å². The van der Waals surface area contributed by atoms with E-state index >= 15 is 0 Å². The van der Waals surface area contributed by atoms with Crippen molar-refractivity contribution in [3.8, 4) is 0 Å². The number of benzene rings is 1. The summed E-state index contributed by atoms with van der Waals surface area (Å²) in [5, 5.41) is 4.34. The summed E-state index contributed by atoms with van der Waals surface area (Å²) in [6.45, 7) is 4.59. The molecular weight excluding hydrogens is 384 g/mol. The van der Waals surface area contributed by atoms with Gasteiger partial charge in [-0.25, -0.2) is 0 Å². The van der Waals surface area contributed by atoms with Crippen molar-refractivity contribution in [2.24, 2.45) is 5.92 Å². The zero-order valence-electron chi connectivity index (χ0n) is 13.9. The second-order valence-corrected chi connectivity index (χ2v) is 8.54. The van der Waals surface area contributed by atoms with Crippen molar-refractivity contribution in [2.45, 2.75) is 38.0 Å². The van der Waals surface area contributed by atoms with E-state index in [1.165, 1.54) is 35.2 Å². The monoisotopic (exact) mass is 404 g/mol. The third-order valence-corrected chi connectivity index (χ3v) is 6.54. The molecule has 0 amide bonds. The van der Waals surface area contributed by atoms with Crippen molar-refractivity contribution in [2.75, 3.05) is 13.1 Å². The number of rotatable bonds is 1. The molecule has 1 aromatic heterocycles. The van der Waals surface area contributed by atoms with E-state index in [4.69, 9.17) is 16.6 Å². The summed E-state index contributed by atoms with van der Waals surface area (Å²) in [6, 6.07) is 8.72. The molecule has 1 saturated heterocycles. The Hall–Kier alpha value is -0.900. The van der Waals surface area contributed by atoms with Gasteiger partial charge in [-0.05, 0) is 102 Å². The molecule has 24 heavy (non-hydrogen) atoms. The van der Waals surface area contributed by atoms with E-state index < -0.39 is 0 Å². The van der Waals surface area contributed by atoms with E-state index in [1.807, 2.05) is 12.3 Å². The van der Waals surface area contributed by atoms with Crippen LogP contribution in [-0.4, -0.2) is 18.1 Å². The first kappa shape index (κ1) is 16.6. The molecule has 1 aliphatic carbocycles. The molecule has 1 aliphatic heterocycles.